The minimum Gasteiger partial charge on any atom is -0.443 e. The fraction of sp³-hybridized carbons (Fsp3) is 0.500. The molecule has 130 valence electrons. The van der Waals surface area contributed by atoms with Crippen LogP contribution >= 0.6 is 11.6 Å². The summed E-state index contributed by atoms with van der Waals surface area (Å²) in [7, 11) is 0. The average molecular weight is 354 g/mol. The number of ether oxygens (including phenoxy) is 2. The number of nitriles is 1. The molecular formula is C16H20ClN3O4. The zero-order valence-electron chi connectivity index (χ0n) is 14.5. The summed E-state index contributed by atoms with van der Waals surface area (Å²) in [6.45, 7) is 9.93. The van der Waals surface area contributed by atoms with E-state index in [-0.39, 0.29) is 16.4 Å². The van der Waals surface area contributed by atoms with Crippen molar-refractivity contribution in [3.8, 4) is 6.07 Å². The molecule has 0 atom stereocenters. The van der Waals surface area contributed by atoms with Gasteiger partial charge in [-0.2, -0.15) is 10.2 Å². The molecule has 1 aromatic heterocycles. The van der Waals surface area contributed by atoms with E-state index in [1.54, 1.807) is 41.5 Å². The van der Waals surface area contributed by atoms with Crippen LogP contribution in [0.1, 0.15) is 47.1 Å². The van der Waals surface area contributed by atoms with Crippen LogP contribution in [0, 0.1) is 11.3 Å². The van der Waals surface area contributed by atoms with E-state index >= 15 is 0 Å². The Morgan fingerprint density at radius 3 is 1.96 bits per heavy atom. The van der Waals surface area contributed by atoms with Crippen molar-refractivity contribution in [3.05, 3.63) is 23.0 Å². The van der Waals surface area contributed by atoms with Gasteiger partial charge < -0.3 is 9.47 Å². The summed E-state index contributed by atoms with van der Waals surface area (Å²) in [6, 6.07) is 3.09. The molecule has 0 radical (unpaired) electrons. The van der Waals surface area contributed by atoms with Gasteiger partial charge in [-0.05, 0) is 41.5 Å². The van der Waals surface area contributed by atoms with E-state index in [1.165, 1.54) is 12.3 Å². The molecule has 0 bridgehead atoms. The number of amides is 2. The van der Waals surface area contributed by atoms with E-state index in [9.17, 15) is 14.9 Å². The van der Waals surface area contributed by atoms with Crippen molar-refractivity contribution in [2.75, 3.05) is 4.90 Å². The van der Waals surface area contributed by atoms with Gasteiger partial charge in [-0.1, -0.05) is 11.6 Å². The number of halogens is 1. The molecule has 1 aromatic rings. The van der Waals surface area contributed by atoms with Crippen molar-refractivity contribution in [2.24, 2.45) is 0 Å². The first-order valence-corrected chi connectivity index (χ1v) is 7.53. The van der Waals surface area contributed by atoms with E-state index in [1.807, 2.05) is 6.07 Å². The first-order valence-electron chi connectivity index (χ1n) is 7.16. The standard InChI is InChI=1S/C16H20ClN3O4/c1-15(2,3)23-13(21)20(14(22)24-16(4,5)6)11-7-12(17)19-9-10(11)8-18/h7,9H,1-6H3. The summed E-state index contributed by atoms with van der Waals surface area (Å²) in [5.41, 5.74) is -1.76. The summed E-state index contributed by atoms with van der Waals surface area (Å²) in [4.78, 5) is 29.4. The zero-order chi connectivity index (χ0) is 18.7. The highest BCUT2D eigenvalue weighted by molar-refractivity contribution is 6.30. The molecule has 0 aliphatic carbocycles. The van der Waals surface area contributed by atoms with Gasteiger partial charge >= 0.3 is 12.2 Å². The van der Waals surface area contributed by atoms with Crippen molar-refractivity contribution in [3.63, 3.8) is 0 Å². The molecule has 1 rings (SSSR count). The Labute approximate surface area is 146 Å². The number of anilines is 1. The van der Waals surface area contributed by atoms with Crippen LogP contribution in [0.25, 0.3) is 0 Å². The van der Waals surface area contributed by atoms with E-state index in [2.05, 4.69) is 4.98 Å². The van der Waals surface area contributed by atoms with Crippen molar-refractivity contribution in [2.45, 2.75) is 52.7 Å². The summed E-state index contributed by atoms with van der Waals surface area (Å²) in [5.74, 6) is 0. The van der Waals surface area contributed by atoms with Crippen LogP contribution in [0.3, 0.4) is 0 Å². The van der Waals surface area contributed by atoms with Gasteiger partial charge in [-0.3, -0.25) is 0 Å². The number of rotatable bonds is 1. The third-order valence-corrected chi connectivity index (χ3v) is 2.57. The Kier molecular flexibility index (Phi) is 5.80. The molecule has 8 heteroatoms. The van der Waals surface area contributed by atoms with Crippen LogP contribution in [-0.2, 0) is 9.47 Å². The Morgan fingerprint density at radius 1 is 1.12 bits per heavy atom. The first kappa shape index (κ1) is 19.7. The third-order valence-electron chi connectivity index (χ3n) is 2.36. The molecule has 2 amide bonds. The fourth-order valence-electron chi connectivity index (χ4n) is 1.58. The Morgan fingerprint density at radius 2 is 1.58 bits per heavy atom. The number of hydrogen-bond acceptors (Lipinski definition) is 6. The van der Waals surface area contributed by atoms with Gasteiger partial charge in [0.25, 0.3) is 0 Å². The first-order chi connectivity index (χ1) is 10.8. The summed E-state index contributed by atoms with van der Waals surface area (Å²) >= 11 is 5.84. The van der Waals surface area contributed by atoms with Crippen LogP contribution in [0.2, 0.25) is 5.15 Å². The largest absolute Gasteiger partial charge is 0.443 e. The predicted molar refractivity (Wildman–Crippen MR) is 88.9 cm³/mol. The molecule has 0 saturated heterocycles. The van der Waals surface area contributed by atoms with Crippen LogP contribution in [0.15, 0.2) is 12.3 Å². The van der Waals surface area contributed by atoms with Crippen LogP contribution in [-0.4, -0.2) is 28.4 Å². The number of aromatic nitrogens is 1. The SMILES string of the molecule is CC(C)(C)OC(=O)N(C(=O)OC(C)(C)C)c1cc(Cl)ncc1C#N. The lowest BCUT2D eigenvalue weighted by Crippen LogP contribution is -2.44. The number of carbonyl (C=O) groups is 2. The minimum absolute atomic E-state index is 0.0149. The lowest BCUT2D eigenvalue weighted by atomic mass is 10.2. The van der Waals surface area contributed by atoms with E-state index in [0.717, 1.165) is 0 Å². The quantitative estimate of drug-likeness (QED) is 0.699. The molecule has 1 heterocycles. The molecule has 0 aliphatic heterocycles. The zero-order valence-corrected chi connectivity index (χ0v) is 15.3. The molecule has 0 aromatic carbocycles. The second-order valence-electron chi connectivity index (χ2n) is 6.93. The smallest absolute Gasteiger partial charge is 0.424 e. The number of nitrogens with zero attached hydrogens (tertiary/aromatic N) is 3. The van der Waals surface area contributed by atoms with Gasteiger partial charge in [-0.25, -0.2) is 14.6 Å². The molecule has 0 spiro atoms. The second-order valence-corrected chi connectivity index (χ2v) is 7.32. The molecule has 0 unspecified atom stereocenters. The van der Waals surface area contributed by atoms with E-state index in [4.69, 9.17) is 21.1 Å². The van der Waals surface area contributed by atoms with Crippen molar-refractivity contribution >= 4 is 29.5 Å². The van der Waals surface area contributed by atoms with Gasteiger partial charge in [0.15, 0.2) is 0 Å². The maximum atomic E-state index is 12.5. The van der Waals surface area contributed by atoms with Gasteiger partial charge in [-0.15, -0.1) is 0 Å². The van der Waals surface area contributed by atoms with Gasteiger partial charge in [0.2, 0.25) is 0 Å². The van der Waals surface area contributed by atoms with Crippen molar-refractivity contribution in [1.29, 1.82) is 5.26 Å². The number of pyridine rings is 1. The lowest BCUT2D eigenvalue weighted by Gasteiger charge is -2.28. The minimum atomic E-state index is -0.976. The summed E-state index contributed by atoms with van der Waals surface area (Å²) in [5, 5.41) is 9.24. The Bertz CT molecular complexity index is 656. The molecular weight excluding hydrogens is 334 g/mol. The fourth-order valence-corrected chi connectivity index (χ4v) is 1.73. The lowest BCUT2D eigenvalue weighted by molar-refractivity contribution is 0.0430. The summed E-state index contributed by atoms with van der Waals surface area (Å²) in [6.07, 6.45) is -0.787. The topological polar surface area (TPSA) is 92.5 Å². The van der Waals surface area contributed by atoms with Gasteiger partial charge in [0, 0.05) is 12.3 Å². The van der Waals surface area contributed by atoms with E-state index < -0.39 is 23.4 Å². The molecule has 0 saturated carbocycles. The van der Waals surface area contributed by atoms with Crippen LogP contribution < -0.4 is 4.90 Å². The average Bonchev–Trinajstić information content (AvgIpc) is 2.34. The van der Waals surface area contributed by atoms with Gasteiger partial charge in [0.1, 0.15) is 22.4 Å². The number of carbonyl (C=O) groups excluding carboxylic acids is 2. The number of hydrogen-bond donors (Lipinski definition) is 0. The maximum absolute atomic E-state index is 12.5. The highest BCUT2D eigenvalue weighted by Crippen LogP contribution is 2.26. The number of imide groups is 1. The highest BCUT2D eigenvalue weighted by atomic mass is 35.5. The highest BCUT2D eigenvalue weighted by Gasteiger charge is 2.34. The Hall–Kier alpha value is -2.33. The van der Waals surface area contributed by atoms with Crippen molar-refractivity contribution in [1.82, 2.24) is 4.98 Å². The molecule has 0 N–H and O–H groups in total. The van der Waals surface area contributed by atoms with Crippen LogP contribution in [0.4, 0.5) is 15.3 Å². The van der Waals surface area contributed by atoms with Crippen LogP contribution in [0.5, 0.6) is 0 Å². The van der Waals surface area contributed by atoms with Crippen molar-refractivity contribution < 1.29 is 19.1 Å². The molecule has 0 aliphatic rings. The monoisotopic (exact) mass is 353 g/mol. The normalized spacial score (nSPS) is 11.4. The summed E-state index contributed by atoms with van der Waals surface area (Å²) < 4.78 is 10.5. The van der Waals surface area contributed by atoms with E-state index in [0.29, 0.717) is 4.90 Å². The molecule has 0 fully saturated rings. The maximum Gasteiger partial charge on any atom is 0.424 e. The second kappa shape index (κ2) is 7.05. The molecule has 7 nitrogen and oxygen atoms in total. The van der Waals surface area contributed by atoms with Gasteiger partial charge in [0.05, 0.1) is 11.3 Å². The molecule has 24 heavy (non-hydrogen) atoms. The predicted octanol–water partition coefficient (Wildman–Crippen LogP) is 4.28. The Balaban J connectivity index is 3.39. The third kappa shape index (κ3) is 5.70.